The van der Waals surface area contributed by atoms with Crippen molar-refractivity contribution in [3.05, 3.63) is 77.2 Å². The molecule has 1 unspecified atom stereocenters. The van der Waals surface area contributed by atoms with Crippen LogP contribution in [0.1, 0.15) is 27.5 Å². The molecule has 0 fully saturated rings. The van der Waals surface area contributed by atoms with Crippen molar-refractivity contribution in [2.75, 3.05) is 38.0 Å². The quantitative estimate of drug-likeness (QED) is 0.132. The summed E-state index contributed by atoms with van der Waals surface area (Å²) in [6.45, 7) is 1.73. The van der Waals surface area contributed by atoms with Gasteiger partial charge in [-0.25, -0.2) is 4.39 Å². The zero-order valence-corrected chi connectivity index (χ0v) is 21.8. The lowest BCUT2D eigenvalue weighted by Gasteiger charge is -2.22. The van der Waals surface area contributed by atoms with Crippen LogP contribution in [0.4, 0.5) is 28.9 Å². The monoisotopic (exact) mass is 561 g/mol. The van der Waals surface area contributed by atoms with Crippen LogP contribution in [0.25, 0.3) is 10.9 Å². The predicted molar refractivity (Wildman–Crippen MR) is 142 cm³/mol. The Hall–Kier alpha value is -4.45. The molecule has 8 nitrogen and oxygen atoms in total. The molecule has 4 rings (SSSR count). The van der Waals surface area contributed by atoms with Gasteiger partial charge in [0.25, 0.3) is 0 Å². The van der Waals surface area contributed by atoms with Gasteiger partial charge in [-0.15, -0.1) is 13.2 Å². The molecular formula is C28H27F4N3O5. The molecule has 3 aromatic carbocycles. The molecule has 0 aliphatic heterocycles. The molecule has 1 atom stereocenters. The van der Waals surface area contributed by atoms with Gasteiger partial charge in [-0.2, -0.15) is 0 Å². The lowest BCUT2D eigenvalue weighted by molar-refractivity contribution is -0.274. The Morgan fingerprint density at radius 3 is 2.45 bits per heavy atom. The van der Waals surface area contributed by atoms with E-state index in [1.165, 1.54) is 38.6 Å². The highest BCUT2D eigenvalue weighted by Gasteiger charge is 2.32. The number of Topliss-reactive ketones (excluding diaryl/α,β-unsaturated/α-hetero) is 1. The number of halogens is 4. The highest BCUT2D eigenvalue weighted by atomic mass is 19.4. The predicted octanol–water partition coefficient (Wildman–Crippen LogP) is 5.97. The molecule has 1 aromatic heterocycles. The SMILES string of the molecule is COc1cc(NCCO)cc(NC(C(=O)c2c[nH]c3c(C)cc(OC(F)(F)F)cc23)c2ccc(F)cc2OC)c1. The van der Waals surface area contributed by atoms with Crippen LogP contribution in [-0.4, -0.2) is 49.6 Å². The number of aryl methyl sites for hydroxylation is 1. The highest BCUT2D eigenvalue weighted by Crippen LogP contribution is 2.37. The van der Waals surface area contributed by atoms with Crippen molar-refractivity contribution in [1.82, 2.24) is 4.98 Å². The number of nitrogens with one attached hydrogen (secondary N) is 3. The number of rotatable bonds is 11. The van der Waals surface area contributed by atoms with E-state index >= 15 is 0 Å². The zero-order chi connectivity index (χ0) is 29.0. The van der Waals surface area contributed by atoms with E-state index in [2.05, 4.69) is 20.4 Å². The van der Waals surface area contributed by atoms with Crippen molar-refractivity contribution in [3.63, 3.8) is 0 Å². The third-order valence-electron chi connectivity index (χ3n) is 6.12. The molecule has 1 heterocycles. The second kappa shape index (κ2) is 11.7. The molecule has 212 valence electrons. The number of hydrogen-bond donors (Lipinski definition) is 4. The number of hydrogen-bond acceptors (Lipinski definition) is 7. The minimum absolute atomic E-state index is 0.0797. The fourth-order valence-corrected chi connectivity index (χ4v) is 4.41. The molecule has 0 spiro atoms. The molecule has 0 aliphatic rings. The van der Waals surface area contributed by atoms with Gasteiger partial charge in [-0.1, -0.05) is 0 Å². The van der Waals surface area contributed by atoms with Gasteiger partial charge >= 0.3 is 6.36 Å². The average Bonchev–Trinajstić information content (AvgIpc) is 3.33. The zero-order valence-electron chi connectivity index (χ0n) is 21.8. The van der Waals surface area contributed by atoms with Crippen LogP contribution in [0.2, 0.25) is 0 Å². The molecule has 0 saturated carbocycles. The van der Waals surface area contributed by atoms with E-state index in [9.17, 15) is 27.5 Å². The number of H-pyrrole nitrogens is 1. The van der Waals surface area contributed by atoms with E-state index in [1.54, 1.807) is 25.1 Å². The number of carbonyl (C=O) groups is 1. The van der Waals surface area contributed by atoms with E-state index in [0.29, 0.717) is 28.2 Å². The van der Waals surface area contributed by atoms with Crippen LogP contribution in [-0.2, 0) is 0 Å². The number of benzene rings is 3. The first-order chi connectivity index (χ1) is 19.0. The van der Waals surface area contributed by atoms with Crippen LogP contribution >= 0.6 is 0 Å². The van der Waals surface area contributed by atoms with E-state index in [1.807, 2.05) is 0 Å². The largest absolute Gasteiger partial charge is 0.573 e. The molecule has 0 radical (unpaired) electrons. The fourth-order valence-electron chi connectivity index (χ4n) is 4.41. The number of methoxy groups -OCH3 is 2. The van der Waals surface area contributed by atoms with Gasteiger partial charge in [0.15, 0.2) is 5.78 Å². The second-order valence-electron chi connectivity index (χ2n) is 8.84. The first kappa shape index (κ1) is 28.6. The van der Waals surface area contributed by atoms with Crippen molar-refractivity contribution in [3.8, 4) is 17.2 Å². The van der Waals surface area contributed by atoms with Crippen LogP contribution < -0.4 is 24.8 Å². The fraction of sp³-hybridized carbons (Fsp3) is 0.250. The van der Waals surface area contributed by atoms with E-state index < -0.39 is 29.8 Å². The second-order valence-corrected chi connectivity index (χ2v) is 8.84. The van der Waals surface area contributed by atoms with Crippen molar-refractivity contribution >= 4 is 28.1 Å². The Kier molecular flexibility index (Phi) is 8.38. The maximum atomic E-state index is 14.1. The summed E-state index contributed by atoms with van der Waals surface area (Å²) in [5.41, 5.74) is 2.28. The molecule has 0 amide bonds. The molecule has 4 N–H and O–H groups in total. The van der Waals surface area contributed by atoms with Crippen LogP contribution in [0.3, 0.4) is 0 Å². The van der Waals surface area contributed by atoms with Gasteiger partial charge in [0.05, 0.1) is 20.8 Å². The maximum Gasteiger partial charge on any atom is 0.573 e. The van der Waals surface area contributed by atoms with E-state index in [0.717, 1.165) is 12.1 Å². The summed E-state index contributed by atoms with van der Waals surface area (Å²) in [5, 5.41) is 15.6. The van der Waals surface area contributed by atoms with Crippen LogP contribution in [0.5, 0.6) is 17.2 Å². The normalized spacial score (nSPS) is 12.2. The molecule has 0 saturated heterocycles. The Morgan fingerprint density at radius 1 is 1.02 bits per heavy atom. The summed E-state index contributed by atoms with van der Waals surface area (Å²) in [6.07, 6.45) is -3.51. The van der Waals surface area contributed by atoms with Gasteiger partial charge in [0, 0.05) is 64.3 Å². The lowest BCUT2D eigenvalue weighted by Crippen LogP contribution is -2.22. The minimum Gasteiger partial charge on any atom is -0.497 e. The van der Waals surface area contributed by atoms with Crippen molar-refractivity contribution in [2.45, 2.75) is 19.3 Å². The summed E-state index contributed by atoms with van der Waals surface area (Å²) in [5.74, 6) is -1.06. The van der Waals surface area contributed by atoms with Gasteiger partial charge in [0.1, 0.15) is 29.1 Å². The number of ketones is 1. The highest BCUT2D eigenvalue weighted by molar-refractivity contribution is 6.12. The number of carbonyl (C=O) groups excluding carboxylic acids is 1. The third kappa shape index (κ3) is 6.40. The van der Waals surface area contributed by atoms with Gasteiger partial charge in [-0.3, -0.25) is 4.79 Å². The first-order valence-electron chi connectivity index (χ1n) is 12.1. The number of aromatic nitrogens is 1. The van der Waals surface area contributed by atoms with Crippen LogP contribution in [0, 0.1) is 12.7 Å². The van der Waals surface area contributed by atoms with Gasteiger partial charge in [0.2, 0.25) is 0 Å². The number of ether oxygens (including phenoxy) is 3. The molecule has 0 aliphatic carbocycles. The Morgan fingerprint density at radius 2 is 1.77 bits per heavy atom. The van der Waals surface area contributed by atoms with Crippen molar-refractivity contribution in [1.29, 1.82) is 0 Å². The maximum absolute atomic E-state index is 14.1. The molecule has 0 bridgehead atoms. The minimum atomic E-state index is -4.92. The lowest BCUT2D eigenvalue weighted by atomic mass is 9.95. The van der Waals surface area contributed by atoms with Crippen LogP contribution in [0.15, 0.2) is 54.7 Å². The molecule has 40 heavy (non-hydrogen) atoms. The number of anilines is 2. The van der Waals surface area contributed by atoms with E-state index in [-0.39, 0.29) is 35.4 Å². The summed E-state index contributed by atoms with van der Waals surface area (Å²) in [7, 11) is 2.80. The third-order valence-corrected chi connectivity index (χ3v) is 6.12. The topological polar surface area (TPSA) is 105 Å². The smallest absolute Gasteiger partial charge is 0.497 e. The number of fused-ring (bicyclic) bond motifs is 1. The number of alkyl halides is 3. The summed E-state index contributed by atoms with van der Waals surface area (Å²) >= 11 is 0. The number of aliphatic hydroxyl groups is 1. The molecule has 4 aromatic rings. The number of aliphatic hydroxyl groups excluding tert-OH is 1. The summed E-state index contributed by atoms with van der Waals surface area (Å²) in [6, 6.07) is 9.91. The first-order valence-corrected chi connectivity index (χ1v) is 12.1. The van der Waals surface area contributed by atoms with Gasteiger partial charge < -0.3 is 34.9 Å². The standard InChI is InChI=1S/C28H27F4N3O5/c1-15-8-20(40-28(30,31)32)13-22-23(14-34-25(15)22)27(37)26(21-5-4-16(29)9-24(21)39-3)35-18-10-17(33-6-7-36)11-19(12-18)38-2/h4-5,8-14,26,33-36H,6-7H2,1-3H3. The van der Waals surface area contributed by atoms with Crippen molar-refractivity contribution in [2.24, 2.45) is 0 Å². The van der Waals surface area contributed by atoms with Crippen molar-refractivity contribution < 1.29 is 41.7 Å². The van der Waals surface area contributed by atoms with Gasteiger partial charge in [-0.05, 0) is 42.8 Å². The molecular weight excluding hydrogens is 534 g/mol. The van der Waals surface area contributed by atoms with E-state index in [4.69, 9.17) is 9.47 Å². The summed E-state index contributed by atoms with van der Waals surface area (Å²) in [4.78, 5) is 17.1. The average molecular weight is 562 g/mol. The summed E-state index contributed by atoms with van der Waals surface area (Å²) < 4.78 is 67.8. The Bertz CT molecular complexity index is 1520. The Balaban J connectivity index is 1.84. The molecule has 12 heteroatoms. The number of aromatic amines is 1. The Labute approximate surface area is 226 Å².